The van der Waals surface area contributed by atoms with E-state index in [1.165, 1.54) is 6.92 Å². The zero-order chi connectivity index (χ0) is 29.4. The highest BCUT2D eigenvalue weighted by atomic mass is 28.4. The third-order valence-corrected chi connectivity index (χ3v) is 12.7. The van der Waals surface area contributed by atoms with Gasteiger partial charge in [-0.15, -0.1) is 13.2 Å². The second-order valence-electron chi connectivity index (χ2n) is 12.8. The van der Waals surface area contributed by atoms with Crippen LogP contribution in [0, 0.1) is 23.2 Å². The molecule has 0 radical (unpaired) electrons. The number of Topliss-reactive ketones (excluding diaryl/α,β-unsaturated/α-hetero) is 2. The van der Waals surface area contributed by atoms with E-state index in [9.17, 15) is 14.4 Å². The first kappa shape index (κ1) is 35.2. The number of esters is 1. The van der Waals surface area contributed by atoms with Gasteiger partial charge < -0.3 is 9.16 Å². The van der Waals surface area contributed by atoms with Gasteiger partial charge in [0.25, 0.3) is 0 Å². The molecule has 212 valence electrons. The summed E-state index contributed by atoms with van der Waals surface area (Å²) in [5.74, 6) is -1.28. The van der Waals surface area contributed by atoms with Gasteiger partial charge >= 0.3 is 5.97 Å². The van der Waals surface area contributed by atoms with Crippen LogP contribution in [0.2, 0.25) is 18.1 Å². The van der Waals surface area contributed by atoms with E-state index in [0.717, 1.165) is 5.57 Å². The van der Waals surface area contributed by atoms with E-state index >= 15 is 0 Å². The molecule has 0 amide bonds. The summed E-state index contributed by atoms with van der Waals surface area (Å²) in [7, 11) is -2.14. The van der Waals surface area contributed by atoms with Gasteiger partial charge in [-0.25, -0.2) is 0 Å². The van der Waals surface area contributed by atoms with Crippen LogP contribution in [0.3, 0.4) is 0 Å². The predicted molar refractivity (Wildman–Crippen MR) is 157 cm³/mol. The van der Waals surface area contributed by atoms with Gasteiger partial charge in [0, 0.05) is 24.2 Å². The Balaban J connectivity index is 5.62. The minimum absolute atomic E-state index is 0.00179. The van der Waals surface area contributed by atoms with Crippen molar-refractivity contribution < 1.29 is 23.5 Å². The molecule has 0 aliphatic heterocycles. The van der Waals surface area contributed by atoms with Gasteiger partial charge in [-0.2, -0.15) is 0 Å². The summed E-state index contributed by atoms with van der Waals surface area (Å²) in [6, 6.07) is 0. The fraction of sp³-hybridized carbons (Fsp3) is 0.710. The fourth-order valence-electron chi connectivity index (χ4n) is 3.92. The Kier molecular flexibility index (Phi) is 13.7. The molecule has 1 unspecified atom stereocenters. The largest absolute Gasteiger partial charge is 0.454 e. The molecule has 0 aromatic heterocycles. The molecule has 6 heteroatoms. The summed E-state index contributed by atoms with van der Waals surface area (Å²) in [5, 5.41) is 0.00808. The van der Waals surface area contributed by atoms with E-state index < -0.39 is 25.8 Å². The molecule has 0 rings (SSSR count). The van der Waals surface area contributed by atoms with Crippen molar-refractivity contribution >= 4 is 25.9 Å². The first-order chi connectivity index (χ1) is 16.7. The van der Waals surface area contributed by atoms with E-state index in [1.807, 2.05) is 53.7 Å². The molecular weight excluding hydrogens is 480 g/mol. The molecule has 0 aliphatic carbocycles. The van der Waals surface area contributed by atoms with Crippen LogP contribution in [0.1, 0.15) is 88.5 Å². The predicted octanol–water partition coefficient (Wildman–Crippen LogP) is 7.87. The van der Waals surface area contributed by atoms with Crippen LogP contribution >= 0.6 is 0 Å². The molecule has 37 heavy (non-hydrogen) atoms. The van der Waals surface area contributed by atoms with Crippen LogP contribution in [0.15, 0.2) is 37.0 Å². The van der Waals surface area contributed by atoms with Crippen molar-refractivity contribution in [3.63, 3.8) is 0 Å². The number of hydrogen-bond acceptors (Lipinski definition) is 5. The van der Waals surface area contributed by atoms with Gasteiger partial charge in [-0.3, -0.25) is 14.4 Å². The molecule has 0 bridgehead atoms. The first-order valence-electron chi connectivity index (χ1n) is 13.5. The topological polar surface area (TPSA) is 69.7 Å². The van der Waals surface area contributed by atoms with Crippen molar-refractivity contribution in [2.45, 2.75) is 119 Å². The van der Waals surface area contributed by atoms with E-state index in [1.54, 1.807) is 6.08 Å². The highest BCUT2D eigenvalue weighted by Crippen LogP contribution is 2.41. The lowest BCUT2D eigenvalue weighted by atomic mass is 9.69. The Bertz CT molecular complexity index is 846. The number of carbonyl (C=O) groups is 3. The average Bonchev–Trinajstić information content (AvgIpc) is 2.77. The maximum Gasteiger partial charge on any atom is 0.306 e. The highest BCUT2D eigenvalue weighted by Gasteiger charge is 2.45. The van der Waals surface area contributed by atoms with Crippen LogP contribution in [-0.2, 0) is 23.5 Å². The summed E-state index contributed by atoms with van der Waals surface area (Å²) in [4.78, 5) is 38.7. The SMILES string of the molecule is C=CC/C(C)=C\CC(OC(=O)C[C@H](C)C(C)(C)C(=O)[C@H](C)[C@@H](O[Si](C)(C)C(C)(C)C)[C@@H](C)C=C)C(C)=O. The smallest absolute Gasteiger partial charge is 0.306 e. The number of ether oxygens (including phenoxy) is 1. The van der Waals surface area contributed by atoms with E-state index in [-0.39, 0.29) is 46.9 Å². The Labute approximate surface area is 228 Å². The van der Waals surface area contributed by atoms with Crippen LogP contribution in [0.4, 0.5) is 0 Å². The van der Waals surface area contributed by atoms with Crippen molar-refractivity contribution in [2.24, 2.45) is 23.2 Å². The quantitative estimate of drug-likeness (QED) is 0.114. The van der Waals surface area contributed by atoms with E-state index in [4.69, 9.17) is 9.16 Å². The molecule has 5 atom stereocenters. The number of carbonyl (C=O) groups excluding carboxylic acids is 3. The second kappa shape index (κ2) is 14.4. The minimum atomic E-state index is -2.14. The zero-order valence-electron chi connectivity index (χ0n) is 25.7. The van der Waals surface area contributed by atoms with Gasteiger partial charge in [0.05, 0.1) is 6.10 Å². The molecule has 0 fully saturated rings. The summed E-state index contributed by atoms with van der Waals surface area (Å²) in [5.41, 5.74) is 0.273. The van der Waals surface area contributed by atoms with E-state index in [2.05, 4.69) is 47.0 Å². The molecule has 0 heterocycles. The van der Waals surface area contributed by atoms with E-state index in [0.29, 0.717) is 12.8 Å². The maximum atomic E-state index is 13.8. The van der Waals surface area contributed by atoms with Gasteiger partial charge in [0.1, 0.15) is 5.78 Å². The number of allylic oxidation sites excluding steroid dienone is 2. The van der Waals surface area contributed by atoms with Crippen LogP contribution in [-0.4, -0.2) is 38.1 Å². The Morgan fingerprint density at radius 1 is 0.973 bits per heavy atom. The molecule has 0 aromatic carbocycles. The van der Waals surface area contributed by atoms with Crippen molar-refractivity contribution in [3.8, 4) is 0 Å². The molecule has 0 aromatic rings. The second-order valence-corrected chi connectivity index (χ2v) is 17.5. The molecule has 0 saturated heterocycles. The maximum absolute atomic E-state index is 13.8. The molecule has 0 saturated carbocycles. The number of hydrogen-bond donors (Lipinski definition) is 0. The average molecular weight is 535 g/mol. The van der Waals surface area contributed by atoms with Gasteiger partial charge in [0.15, 0.2) is 20.2 Å². The molecule has 5 nitrogen and oxygen atoms in total. The van der Waals surface area contributed by atoms with Crippen molar-refractivity contribution in [1.29, 1.82) is 0 Å². The Hall–Kier alpha value is -1.79. The summed E-state index contributed by atoms with van der Waals surface area (Å²) >= 11 is 0. The third-order valence-electron chi connectivity index (χ3n) is 8.25. The molecule has 0 N–H and O–H groups in total. The lowest BCUT2D eigenvalue weighted by Crippen LogP contribution is -2.50. The monoisotopic (exact) mass is 534 g/mol. The summed E-state index contributed by atoms with van der Waals surface area (Å²) in [6.45, 7) is 31.6. The minimum Gasteiger partial charge on any atom is -0.454 e. The first-order valence-corrected chi connectivity index (χ1v) is 16.4. The van der Waals surface area contributed by atoms with Gasteiger partial charge in [-0.1, -0.05) is 79.2 Å². The zero-order valence-corrected chi connectivity index (χ0v) is 26.7. The third kappa shape index (κ3) is 10.5. The molecular formula is C31H54O5Si. The standard InChI is InChI=1S/C31H54O5Si/c1-15-17-21(3)18-19-26(25(7)32)35-27(33)20-23(5)31(11,12)29(34)24(6)28(22(4)16-2)36-37(13,14)30(8,9)10/h15-16,18,22-24,26,28H,1-2,17,19-20H2,3-14H3/b21-18-/t22-,23-,24+,26?,28-/m0/s1. The number of ketones is 2. The summed E-state index contributed by atoms with van der Waals surface area (Å²) in [6.07, 6.45) is 5.53. The van der Waals surface area contributed by atoms with Crippen LogP contribution < -0.4 is 0 Å². The molecule has 0 spiro atoms. The van der Waals surface area contributed by atoms with Crippen LogP contribution in [0.5, 0.6) is 0 Å². The Morgan fingerprint density at radius 3 is 1.95 bits per heavy atom. The van der Waals surface area contributed by atoms with Crippen molar-refractivity contribution in [3.05, 3.63) is 37.0 Å². The fourth-order valence-corrected chi connectivity index (χ4v) is 5.38. The van der Waals surface area contributed by atoms with Crippen molar-refractivity contribution in [2.75, 3.05) is 0 Å². The summed E-state index contributed by atoms with van der Waals surface area (Å²) < 4.78 is 12.3. The highest BCUT2D eigenvalue weighted by molar-refractivity contribution is 6.74. The Morgan fingerprint density at radius 2 is 1.51 bits per heavy atom. The van der Waals surface area contributed by atoms with Gasteiger partial charge in [0.2, 0.25) is 0 Å². The lowest BCUT2D eigenvalue weighted by Gasteiger charge is -2.43. The van der Waals surface area contributed by atoms with Crippen molar-refractivity contribution in [1.82, 2.24) is 0 Å². The number of rotatable bonds is 16. The lowest BCUT2D eigenvalue weighted by molar-refractivity contribution is -0.156. The van der Waals surface area contributed by atoms with Crippen LogP contribution in [0.25, 0.3) is 0 Å². The normalized spacial score (nSPS) is 17.2. The van der Waals surface area contributed by atoms with Gasteiger partial charge in [-0.05, 0) is 50.2 Å². The molecule has 0 aliphatic rings.